The van der Waals surface area contributed by atoms with Crippen LogP contribution in [-0.2, 0) is 11.2 Å². The molecule has 0 aliphatic carbocycles. The highest BCUT2D eigenvalue weighted by atomic mass is 16.2. The minimum atomic E-state index is -0.511. The maximum Gasteiger partial charge on any atom is 0.237 e. The van der Waals surface area contributed by atoms with Gasteiger partial charge in [0.05, 0.1) is 6.04 Å². The normalized spacial score (nSPS) is 12.8. The number of aromatic nitrogens is 1. The quantitative estimate of drug-likeness (QED) is 0.668. The smallest absolute Gasteiger partial charge is 0.237 e. The molecular weight excluding hydrogens is 264 g/mol. The van der Waals surface area contributed by atoms with Gasteiger partial charge >= 0.3 is 0 Å². The Morgan fingerprint density at radius 3 is 2.90 bits per heavy atom. The molecule has 1 aromatic carbocycles. The molecule has 114 valence electrons. The van der Waals surface area contributed by atoms with Gasteiger partial charge in [-0.1, -0.05) is 18.2 Å². The van der Waals surface area contributed by atoms with Crippen LogP contribution in [0.4, 0.5) is 0 Å². The van der Waals surface area contributed by atoms with Crippen LogP contribution in [0, 0.1) is 0 Å². The summed E-state index contributed by atoms with van der Waals surface area (Å²) < 4.78 is 0. The zero-order chi connectivity index (χ0) is 15.2. The Morgan fingerprint density at radius 1 is 1.38 bits per heavy atom. The Balaban J connectivity index is 1.86. The Hall–Kier alpha value is -1.85. The summed E-state index contributed by atoms with van der Waals surface area (Å²) >= 11 is 0. The van der Waals surface area contributed by atoms with Crippen LogP contribution in [-0.4, -0.2) is 49.0 Å². The van der Waals surface area contributed by atoms with E-state index in [0.717, 1.165) is 29.4 Å². The Labute approximate surface area is 125 Å². The lowest BCUT2D eigenvalue weighted by Gasteiger charge is -2.13. The fraction of sp³-hybridized carbons (Fsp3) is 0.438. The molecule has 5 nitrogen and oxygen atoms in total. The summed E-state index contributed by atoms with van der Waals surface area (Å²) in [5.41, 5.74) is 8.16. The van der Waals surface area contributed by atoms with Crippen molar-refractivity contribution >= 4 is 16.8 Å². The van der Waals surface area contributed by atoms with E-state index in [-0.39, 0.29) is 5.91 Å². The van der Waals surface area contributed by atoms with E-state index >= 15 is 0 Å². The molecule has 0 bridgehead atoms. The molecule has 1 aromatic heterocycles. The third kappa shape index (κ3) is 4.31. The topological polar surface area (TPSA) is 74.2 Å². The van der Waals surface area contributed by atoms with E-state index in [1.165, 1.54) is 0 Å². The van der Waals surface area contributed by atoms with E-state index in [2.05, 4.69) is 15.2 Å². The third-order valence-corrected chi connectivity index (χ3v) is 3.53. The van der Waals surface area contributed by atoms with E-state index in [1.807, 2.05) is 44.6 Å². The highest BCUT2D eigenvalue weighted by molar-refractivity contribution is 5.86. The van der Waals surface area contributed by atoms with Gasteiger partial charge in [0.1, 0.15) is 0 Å². The summed E-state index contributed by atoms with van der Waals surface area (Å²) in [6, 6.07) is 7.53. The maximum atomic E-state index is 12.0. The van der Waals surface area contributed by atoms with Crippen LogP contribution in [0.15, 0.2) is 30.5 Å². The molecule has 2 rings (SSSR count). The number of fused-ring (bicyclic) bond motifs is 1. The molecule has 0 aliphatic heterocycles. The van der Waals surface area contributed by atoms with Gasteiger partial charge in [0, 0.05) is 23.6 Å². The molecule has 4 N–H and O–H groups in total. The second-order valence-corrected chi connectivity index (χ2v) is 5.62. The summed E-state index contributed by atoms with van der Waals surface area (Å²) in [6.07, 6.45) is 3.41. The highest BCUT2D eigenvalue weighted by Gasteiger charge is 2.15. The third-order valence-electron chi connectivity index (χ3n) is 3.53. The molecule has 0 spiro atoms. The van der Waals surface area contributed by atoms with Crippen molar-refractivity contribution in [3.05, 3.63) is 36.0 Å². The summed E-state index contributed by atoms with van der Waals surface area (Å²) in [6.45, 7) is 1.62. The van der Waals surface area contributed by atoms with Gasteiger partial charge in [0.25, 0.3) is 0 Å². The number of hydrogen-bond donors (Lipinski definition) is 3. The standard InChI is InChI=1S/C16H24N4O/c1-20(2)9-5-8-18-16(21)14(17)10-12-11-19-15-7-4-3-6-13(12)15/h3-4,6-7,11,14,19H,5,8-10,17H2,1-2H3,(H,18,21)/t14-/m1/s1. The average Bonchev–Trinajstić information content (AvgIpc) is 2.86. The van der Waals surface area contributed by atoms with Crippen molar-refractivity contribution in [1.82, 2.24) is 15.2 Å². The molecule has 2 aromatic rings. The zero-order valence-corrected chi connectivity index (χ0v) is 12.7. The minimum Gasteiger partial charge on any atom is -0.361 e. The molecule has 1 atom stereocenters. The van der Waals surface area contributed by atoms with Gasteiger partial charge in [0.15, 0.2) is 0 Å². The van der Waals surface area contributed by atoms with Crippen LogP contribution >= 0.6 is 0 Å². The molecule has 5 heteroatoms. The molecule has 0 radical (unpaired) electrons. The largest absolute Gasteiger partial charge is 0.361 e. The molecule has 0 unspecified atom stereocenters. The zero-order valence-electron chi connectivity index (χ0n) is 12.7. The lowest BCUT2D eigenvalue weighted by atomic mass is 10.1. The van der Waals surface area contributed by atoms with Crippen molar-refractivity contribution in [3.8, 4) is 0 Å². The number of nitrogens with two attached hydrogens (primary N) is 1. The Bertz CT molecular complexity index is 591. The predicted octanol–water partition coefficient (Wildman–Crippen LogP) is 1.11. The molecule has 21 heavy (non-hydrogen) atoms. The Kier molecular flexibility index (Phi) is 5.36. The fourth-order valence-corrected chi connectivity index (χ4v) is 2.37. The van der Waals surface area contributed by atoms with Crippen LogP contribution in [0.1, 0.15) is 12.0 Å². The van der Waals surface area contributed by atoms with E-state index in [1.54, 1.807) is 0 Å². The number of H-pyrrole nitrogens is 1. The van der Waals surface area contributed by atoms with E-state index in [4.69, 9.17) is 5.73 Å². The van der Waals surface area contributed by atoms with Gasteiger partial charge in [-0.15, -0.1) is 0 Å². The number of amides is 1. The molecule has 1 amide bonds. The summed E-state index contributed by atoms with van der Waals surface area (Å²) in [5.74, 6) is -0.0842. The lowest BCUT2D eigenvalue weighted by molar-refractivity contribution is -0.122. The summed E-state index contributed by atoms with van der Waals surface area (Å²) in [4.78, 5) is 17.3. The number of para-hydroxylation sites is 1. The summed E-state index contributed by atoms with van der Waals surface area (Å²) in [7, 11) is 4.04. The van der Waals surface area contributed by atoms with Crippen molar-refractivity contribution in [2.45, 2.75) is 18.9 Å². The number of hydrogen-bond acceptors (Lipinski definition) is 3. The van der Waals surface area contributed by atoms with Gasteiger partial charge in [-0.05, 0) is 45.1 Å². The van der Waals surface area contributed by atoms with Gasteiger partial charge in [0.2, 0.25) is 5.91 Å². The number of nitrogens with one attached hydrogen (secondary N) is 2. The number of nitrogens with zero attached hydrogens (tertiary/aromatic N) is 1. The first-order valence-corrected chi connectivity index (χ1v) is 7.31. The number of rotatable bonds is 7. The van der Waals surface area contributed by atoms with Crippen LogP contribution < -0.4 is 11.1 Å². The second kappa shape index (κ2) is 7.24. The van der Waals surface area contributed by atoms with Crippen molar-refractivity contribution in [1.29, 1.82) is 0 Å². The first kappa shape index (κ1) is 15.5. The van der Waals surface area contributed by atoms with E-state index in [0.29, 0.717) is 13.0 Å². The molecule has 0 saturated heterocycles. The van der Waals surface area contributed by atoms with Gasteiger partial charge in [-0.2, -0.15) is 0 Å². The number of carbonyl (C=O) groups is 1. The van der Waals surface area contributed by atoms with Crippen molar-refractivity contribution in [2.24, 2.45) is 5.73 Å². The highest BCUT2D eigenvalue weighted by Crippen LogP contribution is 2.18. The molecular formula is C16H24N4O. The van der Waals surface area contributed by atoms with Crippen LogP contribution in [0.3, 0.4) is 0 Å². The first-order valence-electron chi connectivity index (χ1n) is 7.31. The number of carbonyl (C=O) groups excluding carboxylic acids is 1. The average molecular weight is 288 g/mol. The van der Waals surface area contributed by atoms with Gasteiger partial charge in [-0.25, -0.2) is 0 Å². The van der Waals surface area contributed by atoms with Gasteiger partial charge in [-0.3, -0.25) is 4.79 Å². The molecule has 0 fully saturated rings. The maximum absolute atomic E-state index is 12.0. The Morgan fingerprint density at radius 2 is 2.14 bits per heavy atom. The lowest BCUT2D eigenvalue weighted by Crippen LogP contribution is -2.42. The van der Waals surface area contributed by atoms with E-state index in [9.17, 15) is 4.79 Å². The SMILES string of the molecule is CN(C)CCCNC(=O)[C@H](N)Cc1c[nH]c2ccccc12. The minimum absolute atomic E-state index is 0.0842. The van der Waals surface area contributed by atoms with Crippen LogP contribution in [0.2, 0.25) is 0 Å². The molecule has 1 heterocycles. The first-order chi connectivity index (χ1) is 10.1. The molecule has 0 saturated carbocycles. The van der Waals surface area contributed by atoms with Crippen molar-refractivity contribution in [3.63, 3.8) is 0 Å². The van der Waals surface area contributed by atoms with Crippen LogP contribution in [0.5, 0.6) is 0 Å². The van der Waals surface area contributed by atoms with Crippen LogP contribution in [0.25, 0.3) is 10.9 Å². The van der Waals surface area contributed by atoms with Gasteiger partial charge < -0.3 is 20.9 Å². The predicted molar refractivity (Wildman–Crippen MR) is 86.2 cm³/mol. The fourth-order valence-electron chi connectivity index (χ4n) is 2.37. The second-order valence-electron chi connectivity index (χ2n) is 5.62. The number of benzene rings is 1. The van der Waals surface area contributed by atoms with Crippen molar-refractivity contribution < 1.29 is 4.79 Å². The summed E-state index contributed by atoms with van der Waals surface area (Å²) in [5, 5.41) is 4.03. The van der Waals surface area contributed by atoms with E-state index < -0.39 is 6.04 Å². The van der Waals surface area contributed by atoms with Crippen molar-refractivity contribution in [2.75, 3.05) is 27.2 Å². The number of aromatic amines is 1. The molecule has 0 aliphatic rings. The monoisotopic (exact) mass is 288 g/mol.